The fourth-order valence-corrected chi connectivity index (χ4v) is 1.09. The Labute approximate surface area is 95.4 Å². The largest absolute Gasteiger partial charge is 0.299 e. The SMILES string of the molecule is CC.CCC(=O)Cc1ccc([N+](=O)[O-])cc1. The minimum atomic E-state index is -0.453. The Balaban J connectivity index is 0.00000106. The molecule has 0 radical (unpaired) electrons. The highest BCUT2D eigenvalue weighted by molar-refractivity contribution is 5.80. The van der Waals surface area contributed by atoms with Crippen molar-refractivity contribution in [2.75, 3.05) is 0 Å². The van der Waals surface area contributed by atoms with Crippen molar-refractivity contribution in [1.82, 2.24) is 0 Å². The number of nitrogens with zero attached hydrogens (tertiary/aromatic N) is 1. The number of carbonyl (C=O) groups is 1. The summed E-state index contributed by atoms with van der Waals surface area (Å²) in [5.41, 5.74) is 0.875. The maximum absolute atomic E-state index is 11.1. The fourth-order valence-electron chi connectivity index (χ4n) is 1.09. The van der Waals surface area contributed by atoms with Gasteiger partial charge in [0.25, 0.3) is 5.69 Å². The summed E-state index contributed by atoms with van der Waals surface area (Å²) >= 11 is 0. The fraction of sp³-hybridized carbons (Fsp3) is 0.417. The first-order valence-electron chi connectivity index (χ1n) is 5.38. The molecule has 16 heavy (non-hydrogen) atoms. The summed E-state index contributed by atoms with van der Waals surface area (Å²) in [7, 11) is 0. The lowest BCUT2D eigenvalue weighted by molar-refractivity contribution is -0.384. The monoisotopic (exact) mass is 223 g/mol. The summed E-state index contributed by atoms with van der Waals surface area (Å²) in [6, 6.07) is 6.06. The lowest BCUT2D eigenvalue weighted by Gasteiger charge is -1.97. The molecule has 0 saturated carbocycles. The average molecular weight is 223 g/mol. The van der Waals surface area contributed by atoms with Crippen molar-refractivity contribution >= 4 is 11.5 Å². The van der Waals surface area contributed by atoms with Crippen molar-refractivity contribution < 1.29 is 9.72 Å². The van der Waals surface area contributed by atoms with E-state index in [1.165, 1.54) is 12.1 Å². The molecule has 0 atom stereocenters. The van der Waals surface area contributed by atoms with E-state index in [9.17, 15) is 14.9 Å². The van der Waals surface area contributed by atoms with Crippen LogP contribution in [0.25, 0.3) is 0 Å². The van der Waals surface area contributed by atoms with Gasteiger partial charge in [-0.25, -0.2) is 0 Å². The minimum absolute atomic E-state index is 0.0534. The second kappa shape index (κ2) is 7.56. The lowest BCUT2D eigenvalue weighted by atomic mass is 10.1. The third kappa shape index (κ3) is 4.68. The van der Waals surface area contributed by atoms with Gasteiger partial charge >= 0.3 is 0 Å². The van der Waals surface area contributed by atoms with Crippen LogP contribution in [0, 0.1) is 10.1 Å². The van der Waals surface area contributed by atoms with E-state index in [2.05, 4.69) is 0 Å². The predicted molar refractivity (Wildman–Crippen MR) is 63.4 cm³/mol. The van der Waals surface area contributed by atoms with Crippen molar-refractivity contribution in [1.29, 1.82) is 0 Å². The van der Waals surface area contributed by atoms with Gasteiger partial charge in [0.15, 0.2) is 0 Å². The summed E-state index contributed by atoms with van der Waals surface area (Å²) in [4.78, 5) is 20.9. The van der Waals surface area contributed by atoms with E-state index < -0.39 is 4.92 Å². The highest BCUT2D eigenvalue weighted by atomic mass is 16.6. The molecule has 0 aromatic heterocycles. The molecule has 1 rings (SSSR count). The Morgan fingerprint density at radius 3 is 2.12 bits per heavy atom. The molecule has 0 amide bonds. The van der Waals surface area contributed by atoms with Gasteiger partial charge in [-0.05, 0) is 5.56 Å². The van der Waals surface area contributed by atoms with Crippen LogP contribution < -0.4 is 0 Å². The van der Waals surface area contributed by atoms with Gasteiger partial charge in [0.1, 0.15) is 5.78 Å². The van der Waals surface area contributed by atoms with Crippen LogP contribution in [0.4, 0.5) is 5.69 Å². The van der Waals surface area contributed by atoms with Gasteiger partial charge in [-0.3, -0.25) is 14.9 Å². The molecule has 0 spiro atoms. The number of nitro benzene ring substituents is 1. The summed E-state index contributed by atoms with van der Waals surface area (Å²) < 4.78 is 0. The van der Waals surface area contributed by atoms with E-state index in [0.29, 0.717) is 12.8 Å². The third-order valence-electron chi connectivity index (χ3n) is 1.94. The van der Waals surface area contributed by atoms with Crippen molar-refractivity contribution in [3.63, 3.8) is 0 Å². The van der Waals surface area contributed by atoms with Crippen LogP contribution >= 0.6 is 0 Å². The summed E-state index contributed by atoms with van der Waals surface area (Å²) in [6.07, 6.45) is 0.853. The number of non-ortho nitro benzene ring substituents is 1. The predicted octanol–water partition coefficient (Wildman–Crippen LogP) is 3.14. The van der Waals surface area contributed by atoms with Crippen LogP contribution in [-0.4, -0.2) is 10.7 Å². The molecule has 1 aromatic carbocycles. The molecular formula is C12H17NO3. The van der Waals surface area contributed by atoms with Crippen molar-refractivity contribution in [2.45, 2.75) is 33.6 Å². The third-order valence-corrected chi connectivity index (χ3v) is 1.94. The Hall–Kier alpha value is -1.71. The van der Waals surface area contributed by atoms with Crippen LogP contribution in [0.5, 0.6) is 0 Å². The minimum Gasteiger partial charge on any atom is -0.299 e. The first kappa shape index (κ1) is 14.3. The first-order valence-corrected chi connectivity index (χ1v) is 5.38. The number of Topliss-reactive ketones (excluding diaryl/α,β-unsaturated/α-hetero) is 1. The zero-order chi connectivity index (χ0) is 12.6. The zero-order valence-corrected chi connectivity index (χ0v) is 9.90. The summed E-state index contributed by atoms with van der Waals surface area (Å²) in [5.74, 6) is 0.138. The van der Waals surface area contributed by atoms with Crippen molar-refractivity contribution in [3.8, 4) is 0 Å². The van der Waals surface area contributed by atoms with Gasteiger partial charge in [0.05, 0.1) is 4.92 Å². The molecule has 88 valence electrons. The van der Waals surface area contributed by atoms with E-state index in [1.807, 2.05) is 13.8 Å². The molecule has 0 N–H and O–H groups in total. The van der Waals surface area contributed by atoms with E-state index in [1.54, 1.807) is 19.1 Å². The lowest BCUT2D eigenvalue weighted by Crippen LogP contribution is -2.00. The molecule has 0 aliphatic rings. The molecule has 0 bridgehead atoms. The quantitative estimate of drug-likeness (QED) is 0.582. The summed E-state index contributed by atoms with van der Waals surface area (Å²) in [6.45, 7) is 5.80. The Morgan fingerprint density at radius 2 is 1.75 bits per heavy atom. The molecule has 0 aliphatic heterocycles. The van der Waals surface area contributed by atoms with Gasteiger partial charge in [-0.2, -0.15) is 0 Å². The number of rotatable bonds is 4. The maximum atomic E-state index is 11.1. The zero-order valence-electron chi connectivity index (χ0n) is 9.90. The molecule has 0 fully saturated rings. The number of ketones is 1. The highest BCUT2D eigenvalue weighted by Crippen LogP contribution is 2.12. The molecule has 1 aromatic rings. The van der Waals surface area contributed by atoms with Crippen molar-refractivity contribution in [3.05, 3.63) is 39.9 Å². The van der Waals surface area contributed by atoms with Gasteiger partial charge in [0.2, 0.25) is 0 Å². The summed E-state index contributed by atoms with van der Waals surface area (Å²) in [5, 5.41) is 10.3. The van der Waals surface area contributed by atoms with E-state index in [0.717, 1.165) is 5.56 Å². The van der Waals surface area contributed by atoms with Crippen LogP contribution in [0.3, 0.4) is 0 Å². The number of nitro groups is 1. The Kier molecular flexibility index (Phi) is 6.76. The topological polar surface area (TPSA) is 60.2 Å². The Morgan fingerprint density at radius 1 is 1.25 bits per heavy atom. The van der Waals surface area contributed by atoms with E-state index in [-0.39, 0.29) is 11.5 Å². The van der Waals surface area contributed by atoms with E-state index >= 15 is 0 Å². The number of hydrogen-bond donors (Lipinski definition) is 0. The second-order valence-electron chi connectivity index (χ2n) is 2.99. The molecule has 0 aliphatic carbocycles. The second-order valence-corrected chi connectivity index (χ2v) is 2.99. The maximum Gasteiger partial charge on any atom is 0.269 e. The molecule has 0 saturated heterocycles. The first-order chi connectivity index (χ1) is 7.63. The van der Waals surface area contributed by atoms with E-state index in [4.69, 9.17) is 0 Å². The van der Waals surface area contributed by atoms with Gasteiger partial charge in [-0.15, -0.1) is 0 Å². The van der Waals surface area contributed by atoms with Crippen LogP contribution in [-0.2, 0) is 11.2 Å². The average Bonchev–Trinajstić information content (AvgIpc) is 2.32. The number of hydrogen-bond acceptors (Lipinski definition) is 3. The van der Waals surface area contributed by atoms with Gasteiger partial charge in [0, 0.05) is 25.0 Å². The molecular weight excluding hydrogens is 206 g/mol. The molecule has 4 nitrogen and oxygen atoms in total. The normalized spacial score (nSPS) is 8.94. The van der Waals surface area contributed by atoms with Gasteiger partial charge in [-0.1, -0.05) is 32.9 Å². The highest BCUT2D eigenvalue weighted by Gasteiger charge is 2.05. The van der Waals surface area contributed by atoms with Crippen LogP contribution in [0.2, 0.25) is 0 Å². The van der Waals surface area contributed by atoms with Crippen molar-refractivity contribution in [2.24, 2.45) is 0 Å². The molecule has 0 unspecified atom stereocenters. The number of benzene rings is 1. The Bertz CT molecular complexity index is 344. The standard InChI is InChI=1S/C10H11NO3.C2H6/c1-2-10(12)7-8-3-5-9(6-4-8)11(13)14;1-2/h3-6H,2,7H2,1H3;1-2H3. The smallest absolute Gasteiger partial charge is 0.269 e. The number of carbonyl (C=O) groups excluding carboxylic acids is 1. The molecule has 4 heteroatoms. The van der Waals surface area contributed by atoms with Gasteiger partial charge < -0.3 is 0 Å². The molecule has 0 heterocycles. The van der Waals surface area contributed by atoms with Crippen LogP contribution in [0.15, 0.2) is 24.3 Å². The van der Waals surface area contributed by atoms with Crippen LogP contribution in [0.1, 0.15) is 32.8 Å².